The van der Waals surface area contributed by atoms with E-state index < -0.39 is 40.1 Å². The van der Waals surface area contributed by atoms with Crippen molar-refractivity contribution in [2.24, 2.45) is 5.92 Å². The Labute approximate surface area is 269 Å². The van der Waals surface area contributed by atoms with E-state index in [0.29, 0.717) is 23.1 Å². The number of hydrogen-bond donors (Lipinski definition) is 8. The van der Waals surface area contributed by atoms with Crippen LogP contribution in [0.5, 0.6) is 46.0 Å². The van der Waals surface area contributed by atoms with Gasteiger partial charge in [-0.05, 0) is 66.5 Å². The Morgan fingerprint density at radius 1 is 0.702 bits per heavy atom. The lowest BCUT2D eigenvalue weighted by Gasteiger charge is -2.47. The lowest BCUT2D eigenvalue weighted by atomic mass is 9.56. The quantitative estimate of drug-likeness (QED) is 0.0938. The van der Waals surface area contributed by atoms with Crippen LogP contribution < -0.4 is 5.43 Å². The minimum Gasteiger partial charge on any atom is -0.508 e. The first kappa shape index (κ1) is 31.2. The molecule has 0 saturated heterocycles. The third-order valence-corrected chi connectivity index (χ3v) is 9.33. The van der Waals surface area contributed by atoms with Gasteiger partial charge in [0.1, 0.15) is 51.2 Å². The second-order valence-electron chi connectivity index (χ2n) is 12.8. The summed E-state index contributed by atoms with van der Waals surface area (Å²) in [7, 11) is 0. The number of phenolic OH excluding ortho intramolecular Hbond substituents is 7. The van der Waals surface area contributed by atoms with E-state index in [1.54, 1.807) is 18.2 Å². The Hall–Kier alpha value is -5.77. The molecule has 242 valence electrons. The SMILES string of the molecule is CC1=CC(c2cc(-c3oc4cc(O)cc(O)c4c(=O)c3O)ccc2O)C(C(C)(C)c2ccc(O)cc2O)C(c2ccc(O)cc2O)C1. The summed E-state index contributed by atoms with van der Waals surface area (Å²) in [5, 5.41) is 84.4. The molecule has 1 heterocycles. The predicted molar refractivity (Wildman–Crippen MR) is 174 cm³/mol. The van der Waals surface area contributed by atoms with E-state index in [2.05, 4.69) is 0 Å². The molecule has 1 aromatic heterocycles. The first-order valence-electron chi connectivity index (χ1n) is 14.9. The van der Waals surface area contributed by atoms with Gasteiger partial charge in [-0.1, -0.05) is 37.6 Å². The molecule has 4 aromatic carbocycles. The van der Waals surface area contributed by atoms with Crippen LogP contribution in [0, 0.1) is 5.92 Å². The van der Waals surface area contributed by atoms with Gasteiger partial charge in [-0.25, -0.2) is 0 Å². The van der Waals surface area contributed by atoms with Crippen molar-refractivity contribution in [2.45, 2.75) is 44.4 Å². The summed E-state index contributed by atoms with van der Waals surface area (Å²) in [6, 6.07) is 15.3. The van der Waals surface area contributed by atoms with Crippen LogP contribution in [0.4, 0.5) is 0 Å². The highest BCUT2D eigenvalue weighted by Gasteiger charge is 2.47. The number of hydrogen-bond acceptors (Lipinski definition) is 10. The van der Waals surface area contributed by atoms with Crippen LogP contribution in [0.25, 0.3) is 22.3 Å². The normalized spacial score (nSPS) is 18.3. The topological polar surface area (TPSA) is 192 Å². The van der Waals surface area contributed by atoms with Crippen molar-refractivity contribution in [3.05, 3.63) is 105 Å². The molecular weight excluding hydrogens is 604 g/mol. The van der Waals surface area contributed by atoms with Crippen LogP contribution in [0.1, 0.15) is 55.7 Å². The summed E-state index contributed by atoms with van der Waals surface area (Å²) in [4.78, 5) is 13.1. The second kappa shape index (κ2) is 11.2. The molecule has 47 heavy (non-hydrogen) atoms. The highest BCUT2D eigenvalue weighted by Crippen LogP contribution is 2.57. The van der Waals surface area contributed by atoms with Crippen LogP contribution in [0.15, 0.2) is 87.6 Å². The fourth-order valence-corrected chi connectivity index (χ4v) is 7.26. The molecule has 5 aromatic rings. The van der Waals surface area contributed by atoms with Gasteiger partial charge in [0.25, 0.3) is 0 Å². The van der Waals surface area contributed by atoms with Crippen molar-refractivity contribution in [1.82, 2.24) is 0 Å². The van der Waals surface area contributed by atoms with Crippen LogP contribution in [0.2, 0.25) is 0 Å². The standard InChI is InChI=1S/C37H34O10/c1-17-10-24(22-7-5-19(38)13-28(22)42)33(37(2,3)26-8-6-20(39)14-29(26)43)25(11-17)23-12-18(4-9-27(23)41)36-35(46)34(45)32-30(44)15-21(40)16-31(32)47-36/h4-9,11-16,24-25,33,38-44,46H,10H2,1-3H3. The van der Waals surface area contributed by atoms with E-state index in [-0.39, 0.29) is 56.8 Å². The Balaban J connectivity index is 1.59. The Morgan fingerprint density at radius 2 is 1.36 bits per heavy atom. The lowest BCUT2D eigenvalue weighted by Crippen LogP contribution is -2.39. The van der Waals surface area contributed by atoms with Gasteiger partial charge in [0, 0.05) is 46.9 Å². The Bertz CT molecular complexity index is 2140. The van der Waals surface area contributed by atoms with E-state index >= 15 is 0 Å². The van der Waals surface area contributed by atoms with E-state index in [1.165, 1.54) is 36.4 Å². The number of phenols is 7. The molecule has 0 saturated carbocycles. The molecule has 0 radical (unpaired) electrons. The van der Waals surface area contributed by atoms with Crippen LogP contribution in [0.3, 0.4) is 0 Å². The van der Waals surface area contributed by atoms with Gasteiger partial charge in [0.05, 0.1) is 0 Å². The van der Waals surface area contributed by atoms with E-state index in [4.69, 9.17) is 4.42 Å². The van der Waals surface area contributed by atoms with Crippen LogP contribution in [-0.2, 0) is 5.41 Å². The number of fused-ring (bicyclic) bond motifs is 1. The van der Waals surface area contributed by atoms with Gasteiger partial charge in [-0.2, -0.15) is 0 Å². The molecule has 0 spiro atoms. The van der Waals surface area contributed by atoms with Crippen molar-refractivity contribution >= 4 is 11.0 Å². The first-order chi connectivity index (χ1) is 22.2. The maximum atomic E-state index is 13.1. The highest BCUT2D eigenvalue weighted by atomic mass is 16.4. The Morgan fingerprint density at radius 3 is 2.04 bits per heavy atom. The van der Waals surface area contributed by atoms with Crippen molar-refractivity contribution in [1.29, 1.82) is 0 Å². The smallest absolute Gasteiger partial charge is 0.238 e. The van der Waals surface area contributed by atoms with Crippen molar-refractivity contribution in [3.63, 3.8) is 0 Å². The predicted octanol–water partition coefficient (Wildman–Crippen LogP) is 6.92. The average molecular weight is 639 g/mol. The lowest BCUT2D eigenvalue weighted by molar-refractivity contribution is 0.219. The van der Waals surface area contributed by atoms with Gasteiger partial charge < -0.3 is 45.3 Å². The molecule has 0 aliphatic heterocycles. The summed E-state index contributed by atoms with van der Waals surface area (Å²) in [5.74, 6) is -4.00. The third-order valence-electron chi connectivity index (χ3n) is 9.33. The fraction of sp³-hybridized carbons (Fsp3) is 0.216. The van der Waals surface area contributed by atoms with Gasteiger partial charge in [0.15, 0.2) is 5.76 Å². The molecule has 10 heteroatoms. The second-order valence-corrected chi connectivity index (χ2v) is 12.8. The molecule has 0 fully saturated rings. The zero-order valence-electron chi connectivity index (χ0n) is 25.8. The molecule has 10 nitrogen and oxygen atoms in total. The fourth-order valence-electron chi connectivity index (χ4n) is 7.26. The first-order valence-corrected chi connectivity index (χ1v) is 14.9. The summed E-state index contributed by atoms with van der Waals surface area (Å²) >= 11 is 0. The zero-order chi connectivity index (χ0) is 33.9. The van der Waals surface area contributed by atoms with E-state index in [0.717, 1.165) is 17.7 Å². The minimum atomic E-state index is -0.911. The molecule has 0 amide bonds. The number of rotatable bonds is 5. The maximum Gasteiger partial charge on any atom is 0.238 e. The number of aromatic hydroxyl groups is 8. The van der Waals surface area contributed by atoms with Gasteiger partial charge in [-0.3, -0.25) is 4.79 Å². The van der Waals surface area contributed by atoms with Crippen molar-refractivity contribution in [2.75, 3.05) is 0 Å². The van der Waals surface area contributed by atoms with Crippen molar-refractivity contribution < 1.29 is 45.3 Å². The highest BCUT2D eigenvalue weighted by molar-refractivity contribution is 5.88. The molecule has 3 atom stereocenters. The summed E-state index contributed by atoms with van der Waals surface area (Å²) in [6.45, 7) is 5.76. The van der Waals surface area contributed by atoms with Gasteiger partial charge >= 0.3 is 0 Å². The molecule has 3 unspecified atom stereocenters. The molecule has 6 rings (SSSR count). The molecule has 1 aliphatic carbocycles. The van der Waals surface area contributed by atoms with E-state index in [9.17, 15) is 45.6 Å². The number of allylic oxidation sites excluding steroid dienone is 2. The Kier molecular flexibility index (Phi) is 7.46. The number of benzene rings is 4. The van der Waals surface area contributed by atoms with Gasteiger partial charge in [-0.15, -0.1) is 0 Å². The van der Waals surface area contributed by atoms with Gasteiger partial charge in [0.2, 0.25) is 11.2 Å². The largest absolute Gasteiger partial charge is 0.508 e. The van der Waals surface area contributed by atoms with E-state index in [1.807, 2.05) is 26.8 Å². The minimum absolute atomic E-state index is 0.105. The maximum absolute atomic E-state index is 13.1. The van der Waals surface area contributed by atoms with Crippen LogP contribution in [-0.4, -0.2) is 40.9 Å². The molecule has 8 N–H and O–H groups in total. The summed E-state index contributed by atoms with van der Waals surface area (Å²) in [5.41, 5.74) is 0.651. The average Bonchev–Trinajstić information content (AvgIpc) is 2.98. The zero-order valence-corrected chi connectivity index (χ0v) is 25.8. The summed E-state index contributed by atoms with van der Waals surface area (Å²) < 4.78 is 5.85. The summed E-state index contributed by atoms with van der Waals surface area (Å²) in [6.07, 6.45) is 2.48. The molecular formula is C37H34O10. The molecule has 0 bridgehead atoms. The molecule has 1 aliphatic rings. The van der Waals surface area contributed by atoms with Crippen LogP contribution >= 0.6 is 0 Å². The third kappa shape index (κ3) is 5.31. The monoisotopic (exact) mass is 638 g/mol. The van der Waals surface area contributed by atoms with Crippen molar-refractivity contribution in [3.8, 4) is 57.3 Å².